The van der Waals surface area contributed by atoms with Crippen LogP contribution in [0.4, 0.5) is 0 Å². The Morgan fingerprint density at radius 1 is 1.03 bits per heavy atom. The van der Waals surface area contributed by atoms with Crippen LogP contribution in [0.1, 0.15) is 42.5 Å². The van der Waals surface area contributed by atoms with Gasteiger partial charge in [0.25, 0.3) is 0 Å². The highest BCUT2D eigenvalue weighted by Gasteiger charge is 2.34. The highest BCUT2D eigenvalue weighted by Crippen LogP contribution is 2.45. The summed E-state index contributed by atoms with van der Waals surface area (Å²) in [5.74, 6) is 0.926. The Hall–Kier alpha value is -3.06. The van der Waals surface area contributed by atoms with Crippen molar-refractivity contribution in [3.63, 3.8) is 0 Å². The molecule has 2 N–H and O–H groups in total. The number of aromatic amines is 1. The lowest BCUT2D eigenvalue weighted by atomic mass is 10.1. The first-order chi connectivity index (χ1) is 15.3. The molecule has 7 heteroatoms. The molecule has 4 aromatic rings. The van der Waals surface area contributed by atoms with E-state index in [9.17, 15) is 4.79 Å². The normalized spacial score (nSPS) is 17.0. The Bertz CT molecular complexity index is 1240. The number of H-pyrrole nitrogens is 1. The first-order valence-electron chi connectivity index (χ1n) is 10.8. The minimum absolute atomic E-state index is 0.0534. The van der Waals surface area contributed by atoms with Crippen LogP contribution in [0.25, 0.3) is 22.3 Å². The molecule has 156 valence electrons. The number of aromatic nitrogens is 4. The number of hydrogen-bond donors (Lipinski definition) is 2. The van der Waals surface area contributed by atoms with Crippen molar-refractivity contribution in [2.75, 3.05) is 0 Å². The van der Waals surface area contributed by atoms with Crippen LogP contribution in [-0.4, -0.2) is 31.7 Å². The van der Waals surface area contributed by atoms with Gasteiger partial charge in [0.05, 0.1) is 0 Å². The van der Waals surface area contributed by atoms with E-state index in [2.05, 4.69) is 37.2 Å². The maximum atomic E-state index is 13.1. The number of hydrogen-bond acceptors (Lipinski definition) is 4. The van der Waals surface area contributed by atoms with Crippen molar-refractivity contribution < 1.29 is 4.79 Å². The Balaban J connectivity index is 1.39. The molecule has 0 radical (unpaired) electrons. The Labute approximate surface area is 184 Å². The minimum atomic E-state index is -0.348. The zero-order valence-corrected chi connectivity index (χ0v) is 17.8. The third-order valence-electron chi connectivity index (χ3n) is 5.89. The molecule has 0 bridgehead atoms. The van der Waals surface area contributed by atoms with Gasteiger partial charge in [-0.25, -0.2) is 0 Å². The number of carbonyl (C=O) groups is 1. The fourth-order valence-corrected chi connectivity index (χ4v) is 5.09. The Morgan fingerprint density at radius 2 is 1.81 bits per heavy atom. The summed E-state index contributed by atoms with van der Waals surface area (Å²) < 4.78 is 2.24. The molecule has 2 aromatic carbocycles. The van der Waals surface area contributed by atoms with Crippen LogP contribution in [0.15, 0.2) is 66.0 Å². The van der Waals surface area contributed by atoms with Crippen LogP contribution in [0.3, 0.4) is 0 Å². The van der Waals surface area contributed by atoms with E-state index >= 15 is 0 Å². The third-order valence-corrected chi connectivity index (χ3v) is 7.11. The van der Waals surface area contributed by atoms with Crippen LogP contribution < -0.4 is 5.32 Å². The molecule has 31 heavy (non-hydrogen) atoms. The second-order valence-electron chi connectivity index (χ2n) is 8.35. The third kappa shape index (κ3) is 3.63. The van der Waals surface area contributed by atoms with Crippen molar-refractivity contribution in [1.82, 2.24) is 25.1 Å². The summed E-state index contributed by atoms with van der Waals surface area (Å²) in [4.78, 5) is 16.5. The lowest BCUT2D eigenvalue weighted by molar-refractivity contribution is -0.120. The molecular formula is C24H23N5OS. The van der Waals surface area contributed by atoms with Crippen molar-refractivity contribution in [3.05, 3.63) is 66.4 Å². The molecule has 6 rings (SSSR count). The van der Waals surface area contributed by atoms with Crippen LogP contribution in [-0.2, 0) is 4.79 Å². The molecule has 2 aliphatic carbocycles. The van der Waals surface area contributed by atoms with Gasteiger partial charge in [0.15, 0.2) is 11.0 Å². The van der Waals surface area contributed by atoms with E-state index in [1.807, 2.05) is 48.7 Å². The smallest absolute Gasteiger partial charge is 0.238 e. The molecule has 2 fully saturated rings. The zero-order valence-electron chi connectivity index (χ0n) is 17.0. The van der Waals surface area contributed by atoms with Crippen LogP contribution in [0.2, 0.25) is 0 Å². The van der Waals surface area contributed by atoms with Gasteiger partial charge in [-0.1, -0.05) is 60.3 Å². The van der Waals surface area contributed by atoms with Gasteiger partial charge in [-0.05, 0) is 37.3 Å². The molecule has 1 unspecified atom stereocenters. The van der Waals surface area contributed by atoms with E-state index in [1.165, 1.54) is 11.8 Å². The van der Waals surface area contributed by atoms with E-state index in [-0.39, 0.29) is 11.2 Å². The van der Waals surface area contributed by atoms with E-state index < -0.39 is 0 Å². The van der Waals surface area contributed by atoms with Crippen molar-refractivity contribution in [2.45, 2.75) is 48.2 Å². The first-order valence-corrected chi connectivity index (χ1v) is 11.7. The number of fused-ring (bicyclic) bond motifs is 1. The second-order valence-corrected chi connectivity index (χ2v) is 9.42. The van der Waals surface area contributed by atoms with Crippen molar-refractivity contribution in [1.29, 1.82) is 0 Å². The van der Waals surface area contributed by atoms with Gasteiger partial charge in [-0.15, -0.1) is 10.2 Å². The molecular weight excluding hydrogens is 406 g/mol. The maximum Gasteiger partial charge on any atom is 0.238 e. The van der Waals surface area contributed by atoms with Crippen LogP contribution >= 0.6 is 11.8 Å². The first kappa shape index (κ1) is 18.7. The summed E-state index contributed by atoms with van der Waals surface area (Å²) in [7, 11) is 0. The molecule has 2 aromatic heterocycles. The standard InChI is InChI=1S/C24H23N5OS/c30-23(26-16-10-11-16)21(15-6-2-1-3-7-15)31-24-28-27-22(29(24)17-12-13-17)19-14-25-20-9-5-4-8-18(19)20/h1-9,14,16-17,21,25H,10-13H2,(H,26,30). The van der Waals surface area contributed by atoms with Gasteiger partial charge < -0.3 is 10.3 Å². The number of nitrogens with one attached hydrogen (secondary N) is 2. The number of benzene rings is 2. The molecule has 1 atom stereocenters. The van der Waals surface area contributed by atoms with Gasteiger partial charge >= 0.3 is 0 Å². The van der Waals surface area contributed by atoms with Crippen molar-refractivity contribution in [2.24, 2.45) is 0 Å². The molecule has 1 amide bonds. The SMILES string of the molecule is O=C(NC1CC1)C(Sc1nnc(-c2c[nH]c3ccccc23)n1C1CC1)c1ccccc1. The Kier molecular flexibility index (Phi) is 4.56. The molecule has 2 heterocycles. The number of rotatable bonds is 7. The average molecular weight is 430 g/mol. The second kappa shape index (κ2) is 7.57. The summed E-state index contributed by atoms with van der Waals surface area (Å²) in [6.45, 7) is 0. The largest absolute Gasteiger partial charge is 0.360 e. The number of carbonyl (C=O) groups excluding carboxylic acids is 1. The van der Waals surface area contributed by atoms with Crippen molar-refractivity contribution >= 4 is 28.6 Å². The van der Waals surface area contributed by atoms with Gasteiger partial charge in [0, 0.05) is 34.7 Å². The quantitative estimate of drug-likeness (QED) is 0.411. The molecule has 0 saturated heterocycles. The summed E-state index contributed by atoms with van der Waals surface area (Å²) in [6, 6.07) is 18.9. The summed E-state index contributed by atoms with van der Waals surface area (Å²) in [6.07, 6.45) is 6.38. The molecule has 0 aliphatic heterocycles. The average Bonchev–Trinajstić information content (AvgIpc) is 3.73. The van der Waals surface area contributed by atoms with Crippen molar-refractivity contribution in [3.8, 4) is 11.4 Å². The van der Waals surface area contributed by atoms with Crippen LogP contribution in [0.5, 0.6) is 0 Å². The van der Waals surface area contributed by atoms with Crippen LogP contribution in [0, 0.1) is 0 Å². The number of thioether (sulfide) groups is 1. The number of amides is 1. The zero-order chi connectivity index (χ0) is 20.8. The fraction of sp³-hybridized carbons (Fsp3) is 0.292. The van der Waals surface area contributed by atoms with Gasteiger partial charge in [-0.2, -0.15) is 0 Å². The predicted octanol–water partition coefficient (Wildman–Crippen LogP) is 4.87. The monoisotopic (exact) mass is 429 g/mol. The van der Waals surface area contributed by atoms with Gasteiger partial charge in [0.2, 0.25) is 5.91 Å². The molecule has 2 saturated carbocycles. The summed E-state index contributed by atoms with van der Waals surface area (Å²) in [5.41, 5.74) is 3.13. The number of para-hydroxylation sites is 1. The lowest BCUT2D eigenvalue weighted by Gasteiger charge is -2.17. The summed E-state index contributed by atoms with van der Waals surface area (Å²) >= 11 is 1.51. The fourth-order valence-electron chi connectivity index (χ4n) is 3.97. The minimum Gasteiger partial charge on any atom is -0.360 e. The summed E-state index contributed by atoms with van der Waals surface area (Å²) in [5, 5.41) is 13.9. The number of nitrogens with zero attached hydrogens (tertiary/aromatic N) is 3. The highest BCUT2D eigenvalue weighted by atomic mass is 32.2. The Morgan fingerprint density at radius 3 is 2.58 bits per heavy atom. The van der Waals surface area contributed by atoms with E-state index in [0.29, 0.717) is 12.1 Å². The lowest BCUT2D eigenvalue weighted by Crippen LogP contribution is -2.30. The van der Waals surface area contributed by atoms with E-state index in [0.717, 1.165) is 58.7 Å². The molecule has 2 aliphatic rings. The van der Waals surface area contributed by atoms with E-state index in [4.69, 9.17) is 0 Å². The van der Waals surface area contributed by atoms with Gasteiger partial charge in [0.1, 0.15) is 5.25 Å². The topological polar surface area (TPSA) is 75.6 Å². The molecule has 6 nitrogen and oxygen atoms in total. The van der Waals surface area contributed by atoms with Gasteiger partial charge in [-0.3, -0.25) is 9.36 Å². The maximum absolute atomic E-state index is 13.1. The predicted molar refractivity (Wildman–Crippen MR) is 122 cm³/mol. The molecule has 0 spiro atoms. The van der Waals surface area contributed by atoms with E-state index in [1.54, 1.807) is 0 Å². The highest BCUT2D eigenvalue weighted by molar-refractivity contribution is 8.00.